The van der Waals surface area contributed by atoms with Crippen molar-refractivity contribution in [1.82, 2.24) is 0 Å². The van der Waals surface area contributed by atoms with E-state index in [1.165, 1.54) is 19.3 Å². The number of nitrogens with one attached hydrogen (secondary N) is 1. The fraction of sp³-hybridized carbons (Fsp3) is 0.375. The lowest BCUT2D eigenvalue weighted by Gasteiger charge is -2.28. The van der Waals surface area contributed by atoms with Crippen molar-refractivity contribution < 1.29 is 9.21 Å². The van der Waals surface area contributed by atoms with Crippen molar-refractivity contribution >= 4 is 28.4 Å². The van der Waals surface area contributed by atoms with E-state index in [0.29, 0.717) is 22.7 Å². The molecule has 0 fully saturated rings. The number of nitriles is 1. The van der Waals surface area contributed by atoms with E-state index in [1.807, 2.05) is 43.3 Å². The van der Waals surface area contributed by atoms with E-state index < -0.39 is 11.8 Å². The van der Waals surface area contributed by atoms with Crippen LogP contribution in [0.3, 0.4) is 0 Å². The molecule has 0 radical (unpaired) electrons. The van der Waals surface area contributed by atoms with Gasteiger partial charge in [0, 0.05) is 11.4 Å². The highest BCUT2D eigenvalue weighted by atomic mass is 32.2. The van der Waals surface area contributed by atoms with E-state index in [0.717, 1.165) is 17.2 Å². The molecular formula is C24H27N3O2S. The molecule has 1 aliphatic heterocycles. The Morgan fingerprint density at radius 1 is 1.20 bits per heavy atom. The number of nitrogens with zero attached hydrogens (tertiary/aromatic N) is 2. The minimum absolute atomic E-state index is 0.254. The Hall–Kier alpha value is -2.78. The second kappa shape index (κ2) is 10.8. The quantitative estimate of drug-likeness (QED) is 0.519. The molecule has 1 unspecified atom stereocenters. The zero-order valence-electron chi connectivity index (χ0n) is 17.4. The molecule has 0 saturated carbocycles. The summed E-state index contributed by atoms with van der Waals surface area (Å²) in [5, 5.41) is 13.7. The summed E-state index contributed by atoms with van der Waals surface area (Å²) in [4.78, 5) is 17.9. The van der Waals surface area contributed by atoms with Gasteiger partial charge >= 0.3 is 0 Å². The summed E-state index contributed by atoms with van der Waals surface area (Å²) in [6.07, 6.45) is 6.25. The maximum Gasteiger partial charge on any atom is 0.254 e. The molecule has 2 aromatic rings. The van der Waals surface area contributed by atoms with E-state index in [-0.39, 0.29) is 5.91 Å². The van der Waals surface area contributed by atoms with Crippen LogP contribution >= 0.6 is 11.8 Å². The number of hydrogen-bond acceptors (Lipinski definition) is 5. The number of thioether (sulfide) groups is 1. The van der Waals surface area contributed by atoms with Gasteiger partial charge in [0.1, 0.15) is 11.7 Å². The minimum Gasteiger partial charge on any atom is -0.469 e. The molecule has 0 spiro atoms. The van der Waals surface area contributed by atoms with Gasteiger partial charge in [0.05, 0.1) is 28.9 Å². The predicted molar refractivity (Wildman–Crippen MR) is 122 cm³/mol. The van der Waals surface area contributed by atoms with Gasteiger partial charge in [0.15, 0.2) is 0 Å². The van der Waals surface area contributed by atoms with E-state index in [4.69, 9.17) is 9.41 Å². The summed E-state index contributed by atoms with van der Waals surface area (Å²) < 4.78 is 5.66. The van der Waals surface area contributed by atoms with Crippen molar-refractivity contribution in [2.24, 2.45) is 10.9 Å². The lowest BCUT2D eigenvalue weighted by Crippen LogP contribution is -2.31. The summed E-state index contributed by atoms with van der Waals surface area (Å²) in [5.41, 5.74) is 1.82. The number of benzene rings is 1. The highest BCUT2D eigenvalue weighted by Gasteiger charge is 2.40. The van der Waals surface area contributed by atoms with Crippen LogP contribution < -0.4 is 5.32 Å². The first-order valence-corrected chi connectivity index (χ1v) is 11.4. The van der Waals surface area contributed by atoms with Crippen LogP contribution in [0.25, 0.3) is 0 Å². The van der Waals surface area contributed by atoms with E-state index in [1.54, 1.807) is 24.1 Å². The third-order valence-electron chi connectivity index (χ3n) is 5.09. The van der Waals surface area contributed by atoms with Gasteiger partial charge in [-0.3, -0.25) is 4.79 Å². The Bertz CT molecular complexity index is 943. The largest absolute Gasteiger partial charge is 0.469 e. The molecule has 1 aromatic heterocycles. The molecule has 6 heteroatoms. The maximum absolute atomic E-state index is 13.2. The summed E-state index contributed by atoms with van der Waals surface area (Å²) in [5.74, 6) is 0.242. The first-order valence-electron chi connectivity index (χ1n) is 10.4. The van der Waals surface area contributed by atoms with E-state index in [9.17, 15) is 10.1 Å². The number of carbonyl (C=O) groups excluding carboxylic acids is 1. The molecule has 1 N–H and O–H groups in total. The second-order valence-corrected chi connectivity index (χ2v) is 8.39. The molecule has 3 rings (SSSR count). The molecule has 0 saturated heterocycles. The maximum atomic E-state index is 13.2. The van der Waals surface area contributed by atoms with Crippen LogP contribution in [0.2, 0.25) is 0 Å². The summed E-state index contributed by atoms with van der Waals surface area (Å²) >= 11 is 1.62. The number of allylic oxidation sites excluding steroid dienone is 1. The second-order valence-electron chi connectivity index (χ2n) is 7.28. The summed E-state index contributed by atoms with van der Waals surface area (Å²) in [6, 6.07) is 15.3. The lowest BCUT2D eigenvalue weighted by atomic mass is 9.81. The molecule has 1 amide bonds. The number of furan rings is 1. The number of aliphatic imine (C=N–C) groups is 1. The van der Waals surface area contributed by atoms with E-state index >= 15 is 0 Å². The number of unbranched alkanes of at least 4 members (excludes halogenated alkanes) is 3. The first-order chi connectivity index (χ1) is 14.7. The van der Waals surface area contributed by atoms with Gasteiger partial charge in [-0.15, -0.1) is 11.8 Å². The zero-order valence-corrected chi connectivity index (χ0v) is 18.2. The van der Waals surface area contributed by atoms with Gasteiger partial charge < -0.3 is 9.73 Å². The normalized spacial score (nSPS) is 18.6. The topological polar surface area (TPSA) is 78.4 Å². The van der Waals surface area contributed by atoms with E-state index in [2.05, 4.69) is 18.3 Å². The van der Waals surface area contributed by atoms with Crippen molar-refractivity contribution in [3.63, 3.8) is 0 Å². The van der Waals surface area contributed by atoms with Crippen molar-refractivity contribution in [1.29, 1.82) is 5.26 Å². The number of rotatable bonds is 8. The van der Waals surface area contributed by atoms with Crippen LogP contribution in [0.1, 0.15) is 51.2 Å². The van der Waals surface area contributed by atoms with Crippen molar-refractivity contribution in [2.45, 2.75) is 45.4 Å². The third kappa shape index (κ3) is 5.22. The standard InChI is InChI=1S/C24H27N3O2S/c1-3-4-5-9-15-30-24-19(16-25)22(20-13-10-14-29-20)21(17(2)26-24)23(28)27-18-11-7-6-8-12-18/h6-8,10-14,19,22H,3-5,9,15H2,1-2H3,(H,27,28)/t19?,22-/m0/s1. The highest BCUT2D eigenvalue weighted by molar-refractivity contribution is 8.14. The Kier molecular flexibility index (Phi) is 7.92. The minimum atomic E-state index is -0.549. The van der Waals surface area contributed by atoms with Crippen molar-refractivity contribution in [3.8, 4) is 6.07 Å². The third-order valence-corrected chi connectivity index (χ3v) is 6.22. The molecule has 0 aliphatic carbocycles. The molecule has 1 aliphatic rings. The monoisotopic (exact) mass is 421 g/mol. The molecule has 2 atom stereocenters. The number of hydrogen-bond donors (Lipinski definition) is 1. The van der Waals surface area contributed by atoms with Crippen LogP contribution in [0.15, 0.2) is 69.4 Å². The number of carbonyl (C=O) groups is 1. The molecular weight excluding hydrogens is 394 g/mol. The highest BCUT2D eigenvalue weighted by Crippen LogP contribution is 2.41. The number of para-hydroxylation sites is 1. The molecule has 30 heavy (non-hydrogen) atoms. The predicted octanol–water partition coefficient (Wildman–Crippen LogP) is 6.14. The smallest absolute Gasteiger partial charge is 0.254 e. The Morgan fingerprint density at radius 3 is 2.67 bits per heavy atom. The van der Waals surface area contributed by atoms with Crippen LogP contribution in [0, 0.1) is 17.2 Å². The Morgan fingerprint density at radius 2 is 2.00 bits per heavy atom. The molecule has 156 valence electrons. The summed E-state index contributed by atoms with van der Waals surface area (Å²) in [7, 11) is 0. The fourth-order valence-electron chi connectivity index (χ4n) is 3.59. The van der Waals surface area contributed by atoms with Gasteiger partial charge in [-0.25, -0.2) is 4.99 Å². The number of amides is 1. The van der Waals surface area contributed by atoms with Gasteiger partial charge in [0.2, 0.25) is 0 Å². The van der Waals surface area contributed by atoms with Crippen LogP contribution in [0.4, 0.5) is 5.69 Å². The number of anilines is 1. The van der Waals surface area contributed by atoms with Gasteiger partial charge in [-0.05, 0) is 43.4 Å². The first kappa shape index (κ1) is 21.9. The van der Waals surface area contributed by atoms with Crippen LogP contribution in [-0.4, -0.2) is 16.7 Å². The van der Waals surface area contributed by atoms with Crippen LogP contribution in [0.5, 0.6) is 0 Å². The molecule has 5 nitrogen and oxygen atoms in total. The lowest BCUT2D eigenvalue weighted by molar-refractivity contribution is -0.113. The Labute approximate surface area is 182 Å². The zero-order chi connectivity index (χ0) is 21.3. The fourth-order valence-corrected chi connectivity index (χ4v) is 4.71. The SMILES string of the molecule is CCCCCCSC1=NC(C)=C(C(=O)Nc2ccccc2)[C@H](c2ccco2)C1C#N. The Balaban J connectivity index is 1.89. The molecule has 2 heterocycles. The van der Waals surface area contributed by atoms with Gasteiger partial charge in [-0.2, -0.15) is 5.26 Å². The van der Waals surface area contributed by atoms with Gasteiger partial charge in [-0.1, -0.05) is 44.4 Å². The average molecular weight is 422 g/mol. The molecule has 0 bridgehead atoms. The van der Waals surface area contributed by atoms with Gasteiger partial charge in [0.25, 0.3) is 5.91 Å². The van der Waals surface area contributed by atoms with Crippen LogP contribution in [-0.2, 0) is 4.79 Å². The van der Waals surface area contributed by atoms with Crippen molar-refractivity contribution in [3.05, 3.63) is 65.8 Å². The van der Waals surface area contributed by atoms with Crippen molar-refractivity contribution in [2.75, 3.05) is 11.1 Å². The molecule has 1 aromatic carbocycles. The summed E-state index contributed by atoms with van der Waals surface area (Å²) in [6.45, 7) is 4.02. The average Bonchev–Trinajstić information content (AvgIpc) is 3.28.